The molecule has 0 bridgehead atoms. The molecule has 5 heteroatoms. The Hall–Kier alpha value is -0.650. The number of piperazine rings is 1. The van der Waals surface area contributed by atoms with Gasteiger partial charge in [0.25, 0.3) is 0 Å². The van der Waals surface area contributed by atoms with Crippen molar-refractivity contribution < 1.29 is 0 Å². The van der Waals surface area contributed by atoms with E-state index in [0.717, 1.165) is 18.6 Å². The van der Waals surface area contributed by atoms with Gasteiger partial charge in [0, 0.05) is 48.8 Å². The van der Waals surface area contributed by atoms with E-state index in [9.17, 15) is 0 Å². The summed E-state index contributed by atoms with van der Waals surface area (Å²) in [4.78, 5) is 11.3. The molecule has 4 rings (SSSR count). The van der Waals surface area contributed by atoms with Gasteiger partial charge in [-0.05, 0) is 39.2 Å². The summed E-state index contributed by atoms with van der Waals surface area (Å²) in [6.45, 7) is 7.03. The summed E-state index contributed by atoms with van der Waals surface area (Å²) in [5.74, 6) is 0. The minimum atomic E-state index is 0.597. The topological polar surface area (TPSA) is 31.4 Å². The summed E-state index contributed by atoms with van der Waals surface area (Å²) in [7, 11) is 0. The highest BCUT2D eigenvalue weighted by Gasteiger charge is 2.35. The fourth-order valence-electron chi connectivity index (χ4n) is 3.50. The standard InChI is InChI=1S/C15H24N4S/c1-11-9-18-6-2-3-13(18)10-19(11)15-17-8-14(20-15)7-16-12-4-5-12/h8,11-13,16H,2-7,9-10H2,1H3. The van der Waals surface area contributed by atoms with Crippen molar-refractivity contribution in [2.24, 2.45) is 0 Å². The molecule has 2 aliphatic heterocycles. The first-order valence-corrected chi connectivity index (χ1v) is 8.80. The molecule has 2 saturated heterocycles. The molecule has 1 aromatic rings. The van der Waals surface area contributed by atoms with E-state index in [1.54, 1.807) is 0 Å². The van der Waals surface area contributed by atoms with Gasteiger partial charge in [-0.3, -0.25) is 4.90 Å². The largest absolute Gasteiger partial charge is 0.343 e. The number of hydrogen-bond donors (Lipinski definition) is 1. The Morgan fingerprint density at radius 2 is 2.25 bits per heavy atom. The average molecular weight is 292 g/mol. The van der Waals surface area contributed by atoms with Crippen molar-refractivity contribution in [3.8, 4) is 0 Å². The molecule has 110 valence electrons. The molecule has 3 heterocycles. The molecule has 1 N–H and O–H groups in total. The first-order chi connectivity index (χ1) is 9.79. The van der Waals surface area contributed by atoms with E-state index in [-0.39, 0.29) is 0 Å². The number of nitrogens with one attached hydrogen (secondary N) is 1. The summed E-state index contributed by atoms with van der Waals surface area (Å²) in [5, 5.41) is 4.81. The monoisotopic (exact) mass is 292 g/mol. The Morgan fingerprint density at radius 3 is 3.10 bits per heavy atom. The van der Waals surface area contributed by atoms with Crippen LogP contribution in [0.25, 0.3) is 0 Å². The second kappa shape index (κ2) is 5.28. The zero-order valence-electron chi connectivity index (χ0n) is 12.2. The molecule has 0 amide bonds. The van der Waals surface area contributed by atoms with Crippen LogP contribution in [0.4, 0.5) is 5.13 Å². The molecule has 3 aliphatic rings. The number of hydrogen-bond acceptors (Lipinski definition) is 5. The molecule has 0 radical (unpaired) electrons. The van der Waals surface area contributed by atoms with Gasteiger partial charge < -0.3 is 10.2 Å². The highest BCUT2D eigenvalue weighted by molar-refractivity contribution is 7.15. The minimum absolute atomic E-state index is 0.597. The van der Waals surface area contributed by atoms with Gasteiger partial charge in [0.15, 0.2) is 5.13 Å². The Kier molecular flexibility index (Phi) is 3.44. The van der Waals surface area contributed by atoms with E-state index in [4.69, 9.17) is 0 Å². The van der Waals surface area contributed by atoms with Gasteiger partial charge in [-0.1, -0.05) is 0 Å². The van der Waals surface area contributed by atoms with E-state index in [1.165, 1.54) is 55.3 Å². The van der Waals surface area contributed by atoms with Crippen LogP contribution in [0.1, 0.15) is 37.5 Å². The van der Waals surface area contributed by atoms with Crippen molar-refractivity contribution in [1.82, 2.24) is 15.2 Å². The molecular formula is C15H24N4S. The van der Waals surface area contributed by atoms with Crippen LogP contribution in [-0.2, 0) is 6.54 Å². The molecule has 2 unspecified atom stereocenters. The van der Waals surface area contributed by atoms with E-state index < -0.39 is 0 Å². The number of thiazole rings is 1. The molecule has 1 aromatic heterocycles. The fraction of sp³-hybridized carbons (Fsp3) is 0.800. The minimum Gasteiger partial charge on any atom is -0.343 e. The number of aromatic nitrogens is 1. The Morgan fingerprint density at radius 1 is 1.35 bits per heavy atom. The summed E-state index contributed by atoms with van der Waals surface area (Å²) >= 11 is 1.88. The van der Waals surface area contributed by atoms with Crippen molar-refractivity contribution in [2.75, 3.05) is 24.5 Å². The summed E-state index contributed by atoms with van der Waals surface area (Å²) in [6.07, 6.45) is 7.52. The maximum atomic E-state index is 4.69. The van der Waals surface area contributed by atoms with Gasteiger partial charge in [-0.25, -0.2) is 4.98 Å². The highest BCUT2D eigenvalue weighted by atomic mass is 32.1. The predicted octanol–water partition coefficient (Wildman–Crippen LogP) is 2.07. The lowest BCUT2D eigenvalue weighted by molar-refractivity contribution is 0.203. The van der Waals surface area contributed by atoms with Gasteiger partial charge in [0.1, 0.15) is 0 Å². The van der Waals surface area contributed by atoms with Crippen LogP contribution in [0.2, 0.25) is 0 Å². The van der Waals surface area contributed by atoms with Crippen molar-refractivity contribution in [1.29, 1.82) is 0 Å². The number of rotatable bonds is 4. The fourth-order valence-corrected chi connectivity index (χ4v) is 4.47. The van der Waals surface area contributed by atoms with E-state index in [1.807, 2.05) is 11.3 Å². The van der Waals surface area contributed by atoms with Crippen molar-refractivity contribution in [3.05, 3.63) is 11.1 Å². The third-order valence-electron chi connectivity index (χ3n) is 4.87. The maximum Gasteiger partial charge on any atom is 0.185 e. The van der Waals surface area contributed by atoms with Crippen LogP contribution in [0.3, 0.4) is 0 Å². The molecule has 0 spiro atoms. The van der Waals surface area contributed by atoms with Gasteiger partial charge >= 0.3 is 0 Å². The lowest BCUT2D eigenvalue weighted by atomic mass is 10.1. The first kappa shape index (κ1) is 13.0. The zero-order valence-corrected chi connectivity index (χ0v) is 13.0. The predicted molar refractivity (Wildman–Crippen MR) is 83.4 cm³/mol. The van der Waals surface area contributed by atoms with Crippen LogP contribution >= 0.6 is 11.3 Å². The van der Waals surface area contributed by atoms with Crippen molar-refractivity contribution >= 4 is 16.5 Å². The molecular weight excluding hydrogens is 268 g/mol. The summed E-state index contributed by atoms with van der Waals surface area (Å²) in [6, 6.07) is 2.14. The number of nitrogens with zero attached hydrogens (tertiary/aromatic N) is 3. The normalized spacial score (nSPS) is 30.8. The highest BCUT2D eigenvalue weighted by Crippen LogP contribution is 2.31. The SMILES string of the molecule is CC1CN2CCCC2CN1c1ncc(CNC2CC2)s1. The Balaban J connectivity index is 1.42. The van der Waals surface area contributed by atoms with E-state index >= 15 is 0 Å². The first-order valence-electron chi connectivity index (χ1n) is 7.98. The van der Waals surface area contributed by atoms with Crippen LogP contribution in [0, 0.1) is 0 Å². The number of fused-ring (bicyclic) bond motifs is 1. The van der Waals surface area contributed by atoms with Crippen molar-refractivity contribution in [3.63, 3.8) is 0 Å². The second-order valence-corrected chi connectivity index (χ2v) is 7.65. The second-order valence-electron chi connectivity index (χ2n) is 6.56. The lowest BCUT2D eigenvalue weighted by Gasteiger charge is -2.42. The Labute approximate surface area is 125 Å². The smallest absolute Gasteiger partial charge is 0.185 e. The molecule has 1 aliphatic carbocycles. The molecule has 20 heavy (non-hydrogen) atoms. The number of anilines is 1. The average Bonchev–Trinajstić information content (AvgIpc) is 2.97. The third kappa shape index (κ3) is 2.59. The van der Waals surface area contributed by atoms with E-state index in [0.29, 0.717) is 6.04 Å². The summed E-state index contributed by atoms with van der Waals surface area (Å²) in [5.41, 5.74) is 0. The molecule has 4 nitrogen and oxygen atoms in total. The molecule has 2 atom stereocenters. The Bertz CT molecular complexity index is 470. The van der Waals surface area contributed by atoms with Crippen LogP contribution in [0.5, 0.6) is 0 Å². The zero-order chi connectivity index (χ0) is 13.5. The van der Waals surface area contributed by atoms with Crippen LogP contribution in [-0.4, -0.2) is 47.6 Å². The molecule has 0 aromatic carbocycles. The van der Waals surface area contributed by atoms with E-state index in [2.05, 4.69) is 33.2 Å². The molecule has 1 saturated carbocycles. The lowest BCUT2D eigenvalue weighted by Crippen LogP contribution is -2.55. The van der Waals surface area contributed by atoms with Crippen LogP contribution < -0.4 is 10.2 Å². The van der Waals surface area contributed by atoms with Gasteiger partial charge in [-0.15, -0.1) is 11.3 Å². The molecule has 3 fully saturated rings. The maximum absolute atomic E-state index is 4.69. The van der Waals surface area contributed by atoms with Crippen LogP contribution in [0.15, 0.2) is 6.20 Å². The van der Waals surface area contributed by atoms with Gasteiger partial charge in [0.2, 0.25) is 0 Å². The van der Waals surface area contributed by atoms with Gasteiger partial charge in [0.05, 0.1) is 0 Å². The summed E-state index contributed by atoms with van der Waals surface area (Å²) < 4.78 is 0. The van der Waals surface area contributed by atoms with Gasteiger partial charge in [-0.2, -0.15) is 0 Å². The van der Waals surface area contributed by atoms with Crippen molar-refractivity contribution in [2.45, 2.75) is 57.3 Å². The third-order valence-corrected chi connectivity index (χ3v) is 5.90. The quantitative estimate of drug-likeness (QED) is 0.920.